The molecule has 3 aromatic rings. The zero-order chi connectivity index (χ0) is 30.5. The number of amides is 1. The molecule has 226 valence electrons. The number of benzene rings is 3. The summed E-state index contributed by atoms with van der Waals surface area (Å²) in [4.78, 5) is 13.4. The van der Waals surface area contributed by atoms with Crippen LogP contribution in [0.4, 0.5) is 11.4 Å². The number of hydrogen-bond donors (Lipinski definition) is 1. The van der Waals surface area contributed by atoms with Gasteiger partial charge < -0.3 is 24.3 Å². The zero-order valence-corrected chi connectivity index (χ0v) is 25.3. The summed E-state index contributed by atoms with van der Waals surface area (Å²) in [5.41, 5.74) is 0.988. The Balaban J connectivity index is 1.72. The number of carbonyl (C=O) groups excluding carboxylic acids is 1. The molecule has 1 heterocycles. The number of aryl methyl sites for hydroxylation is 1. The van der Waals surface area contributed by atoms with Crippen molar-refractivity contribution < 1.29 is 40.6 Å². The predicted molar refractivity (Wildman–Crippen MR) is 156 cm³/mol. The molecule has 1 N–H and O–H groups in total. The van der Waals surface area contributed by atoms with Crippen molar-refractivity contribution in [2.24, 2.45) is 0 Å². The van der Waals surface area contributed by atoms with Gasteiger partial charge in [0.15, 0.2) is 0 Å². The van der Waals surface area contributed by atoms with Crippen molar-refractivity contribution in [3.63, 3.8) is 0 Å². The lowest BCUT2D eigenvalue weighted by Gasteiger charge is -2.27. The van der Waals surface area contributed by atoms with Crippen molar-refractivity contribution in [1.29, 1.82) is 0 Å². The second-order valence-electron chi connectivity index (χ2n) is 9.29. The number of sulfonamides is 2. The van der Waals surface area contributed by atoms with E-state index >= 15 is 0 Å². The molecular formula is C28H33N3O9S2. The molecule has 1 aliphatic rings. The summed E-state index contributed by atoms with van der Waals surface area (Å²) in [6.07, 6.45) is 0. The number of hydrogen-bond acceptors (Lipinski definition) is 9. The molecular weight excluding hydrogens is 586 g/mol. The average Bonchev–Trinajstić information content (AvgIpc) is 3.00. The minimum absolute atomic E-state index is 0.0399. The van der Waals surface area contributed by atoms with Crippen LogP contribution in [0.2, 0.25) is 0 Å². The largest absolute Gasteiger partial charge is 0.497 e. The fraction of sp³-hybridized carbons (Fsp3) is 0.321. The number of anilines is 2. The minimum Gasteiger partial charge on any atom is -0.497 e. The second kappa shape index (κ2) is 13.0. The van der Waals surface area contributed by atoms with Crippen molar-refractivity contribution in [3.05, 3.63) is 66.2 Å². The molecule has 12 nitrogen and oxygen atoms in total. The first kappa shape index (κ1) is 31.1. The van der Waals surface area contributed by atoms with Gasteiger partial charge >= 0.3 is 0 Å². The fourth-order valence-electron chi connectivity index (χ4n) is 4.33. The third-order valence-corrected chi connectivity index (χ3v) is 10.3. The topological polar surface area (TPSA) is 141 Å². The van der Waals surface area contributed by atoms with Gasteiger partial charge in [-0.05, 0) is 49.4 Å². The fourth-order valence-corrected chi connectivity index (χ4v) is 7.19. The van der Waals surface area contributed by atoms with E-state index in [9.17, 15) is 21.6 Å². The van der Waals surface area contributed by atoms with Crippen LogP contribution in [0, 0.1) is 6.92 Å². The van der Waals surface area contributed by atoms with E-state index in [2.05, 4.69) is 5.32 Å². The number of nitrogens with one attached hydrogen (secondary N) is 1. The normalized spacial score (nSPS) is 14.2. The Kier molecular flexibility index (Phi) is 9.61. The highest BCUT2D eigenvalue weighted by molar-refractivity contribution is 7.93. The lowest BCUT2D eigenvalue weighted by atomic mass is 10.2. The van der Waals surface area contributed by atoms with Gasteiger partial charge in [-0.15, -0.1) is 0 Å². The Morgan fingerprint density at radius 3 is 2.10 bits per heavy atom. The van der Waals surface area contributed by atoms with Crippen molar-refractivity contribution in [2.75, 3.05) is 63.8 Å². The summed E-state index contributed by atoms with van der Waals surface area (Å²) >= 11 is 0. The van der Waals surface area contributed by atoms with Gasteiger partial charge in [0.25, 0.3) is 10.0 Å². The van der Waals surface area contributed by atoms with E-state index in [0.29, 0.717) is 5.75 Å². The van der Waals surface area contributed by atoms with E-state index in [1.807, 2.05) is 6.92 Å². The summed E-state index contributed by atoms with van der Waals surface area (Å²) in [5.74, 6) is -0.0283. The standard InChI is InChI=1S/C28H33N3O9S2/c1-20-5-8-22(9-6-20)42(35,36)31(25-17-21(37-2)7-11-27(25)39-4)19-28(32)29-24-18-23(10-12-26(24)38-3)41(33,34)30-13-15-40-16-14-30/h5-12,17-18H,13-16,19H2,1-4H3,(H,29,32). The van der Waals surface area contributed by atoms with E-state index in [1.165, 1.54) is 68.1 Å². The van der Waals surface area contributed by atoms with Crippen LogP contribution >= 0.6 is 0 Å². The number of morpholine rings is 1. The van der Waals surface area contributed by atoms with Crippen molar-refractivity contribution in [3.8, 4) is 17.2 Å². The van der Waals surface area contributed by atoms with Crippen LogP contribution in [0.15, 0.2) is 70.5 Å². The summed E-state index contributed by atoms with van der Waals surface area (Å²) in [6.45, 7) is 2.10. The number of ether oxygens (including phenoxy) is 4. The van der Waals surface area contributed by atoms with E-state index < -0.39 is 32.5 Å². The smallest absolute Gasteiger partial charge is 0.264 e. The Hall–Kier alpha value is -3.85. The third-order valence-electron chi connectivity index (χ3n) is 6.60. The summed E-state index contributed by atoms with van der Waals surface area (Å²) in [7, 11) is -3.98. The van der Waals surface area contributed by atoms with Gasteiger partial charge in [-0.2, -0.15) is 4.31 Å². The van der Waals surface area contributed by atoms with Crippen LogP contribution in [-0.2, 0) is 29.6 Å². The monoisotopic (exact) mass is 619 g/mol. The number of nitrogens with zero attached hydrogens (tertiary/aromatic N) is 2. The van der Waals surface area contributed by atoms with E-state index in [4.69, 9.17) is 18.9 Å². The Labute approximate surface area is 245 Å². The first-order chi connectivity index (χ1) is 20.0. The van der Waals surface area contributed by atoms with E-state index in [0.717, 1.165) is 9.87 Å². The molecule has 0 aromatic heterocycles. The van der Waals surface area contributed by atoms with Crippen LogP contribution in [0.5, 0.6) is 17.2 Å². The average molecular weight is 620 g/mol. The molecule has 42 heavy (non-hydrogen) atoms. The van der Waals surface area contributed by atoms with Crippen LogP contribution in [-0.4, -0.2) is 81.2 Å². The van der Waals surface area contributed by atoms with Crippen molar-refractivity contribution in [1.82, 2.24) is 4.31 Å². The van der Waals surface area contributed by atoms with Crippen molar-refractivity contribution >= 4 is 37.3 Å². The highest BCUT2D eigenvalue weighted by Crippen LogP contribution is 2.36. The molecule has 1 saturated heterocycles. The maximum absolute atomic E-state index is 13.9. The molecule has 0 radical (unpaired) electrons. The van der Waals surface area contributed by atoms with E-state index in [1.54, 1.807) is 18.2 Å². The highest BCUT2D eigenvalue weighted by atomic mass is 32.2. The molecule has 0 saturated carbocycles. The SMILES string of the molecule is COc1ccc(OC)c(N(CC(=O)Nc2cc(S(=O)(=O)N3CCOCC3)ccc2OC)S(=O)(=O)c2ccc(C)cc2)c1. The molecule has 1 aliphatic heterocycles. The molecule has 0 bridgehead atoms. The first-order valence-corrected chi connectivity index (χ1v) is 15.8. The maximum atomic E-state index is 13.9. The van der Waals surface area contributed by atoms with Crippen LogP contribution in [0.25, 0.3) is 0 Å². The molecule has 14 heteroatoms. The Bertz CT molecular complexity index is 1640. The Morgan fingerprint density at radius 1 is 0.857 bits per heavy atom. The lowest BCUT2D eigenvalue weighted by Crippen LogP contribution is -2.40. The highest BCUT2D eigenvalue weighted by Gasteiger charge is 2.31. The third kappa shape index (κ3) is 6.62. The Morgan fingerprint density at radius 2 is 1.48 bits per heavy atom. The van der Waals surface area contributed by atoms with Crippen molar-refractivity contribution in [2.45, 2.75) is 16.7 Å². The number of carbonyl (C=O) groups is 1. The van der Waals surface area contributed by atoms with Gasteiger partial charge in [-0.1, -0.05) is 17.7 Å². The van der Waals surface area contributed by atoms with E-state index in [-0.39, 0.29) is 59.0 Å². The van der Waals surface area contributed by atoms with Crippen LogP contribution in [0.3, 0.4) is 0 Å². The molecule has 3 aromatic carbocycles. The molecule has 0 spiro atoms. The zero-order valence-electron chi connectivity index (χ0n) is 23.7. The van der Waals surface area contributed by atoms with Crippen LogP contribution < -0.4 is 23.8 Å². The van der Waals surface area contributed by atoms with Crippen LogP contribution in [0.1, 0.15) is 5.56 Å². The summed E-state index contributed by atoms with van der Waals surface area (Å²) in [5, 5.41) is 2.63. The minimum atomic E-state index is -4.29. The molecule has 0 aliphatic carbocycles. The second-order valence-corrected chi connectivity index (χ2v) is 13.1. The maximum Gasteiger partial charge on any atom is 0.264 e. The molecule has 1 fully saturated rings. The van der Waals surface area contributed by atoms with Gasteiger partial charge in [0.05, 0.1) is 55.7 Å². The quantitative estimate of drug-likeness (QED) is 0.343. The first-order valence-electron chi connectivity index (χ1n) is 12.9. The predicted octanol–water partition coefficient (Wildman–Crippen LogP) is 2.88. The van der Waals surface area contributed by atoms with Gasteiger partial charge in [0.1, 0.15) is 23.8 Å². The molecule has 0 unspecified atom stereocenters. The number of rotatable bonds is 11. The molecule has 0 atom stereocenters. The van der Waals surface area contributed by atoms with Gasteiger partial charge in [0.2, 0.25) is 15.9 Å². The van der Waals surface area contributed by atoms with Gasteiger partial charge in [0, 0.05) is 19.2 Å². The number of methoxy groups -OCH3 is 3. The summed E-state index contributed by atoms with van der Waals surface area (Å²) < 4.78 is 77.9. The van der Waals surface area contributed by atoms with Gasteiger partial charge in [-0.3, -0.25) is 9.10 Å². The van der Waals surface area contributed by atoms with Gasteiger partial charge in [-0.25, -0.2) is 16.8 Å². The molecule has 1 amide bonds. The molecule has 4 rings (SSSR count). The summed E-state index contributed by atoms with van der Waals surface area (Å²) in [6, 6.07) is 14.9. The lowest BCUT2D eigenvalue weighted by molar-refractivity contribution is -0.114.